The van der Waals surface area contributed by atoms with Crippen molar-refractivity contribution in [2.75, 3.05) is 0 Å². The van der Waals surface area contributed by atoms with E-state index in [4.69, 9.17) is 23.2 Å². The fraction of sp³-hybridized carbons (Fsp3) is 0.0952. The maximum Gasteiger partial charge on any atom is 0.125 e. The second-order valence-corrected chi connectivity index (χ2v) is 6.68. The highest BCUT2D eigenvalue weighted by Gasteiger charge is 2.20. The molecule has 3 nitrogen and oxygen atoms in total. The fourth-order valence-corrected chi connectivity index (χ4v) is 3.02. The first-order valence-electron chi connectivity index (χ1n) is 8.05. The van der Waals surface area contributed by atoms with E-state index in [1.54, 1.807) is 54.9 Å². The number of halogens is 2. The van der Waals surface area contributed by atoms with Crippen LogP contribution in [0.4, 0.5) is 0 Å². The molecule has 26 heavy (non-hydrogen) atoms. The number of hydrogen-bond donors (Lipinski definition) is 2. The highest BCUT2D eigenvalue weighted by molar-refractivity contribution is 6.31. The van der Waals surface area contributed by atoms with Crippen LogP contribution in [-0.4, -0.2) is 15.2 Å². The summed E-state index contributed by atoms with van der Waals surface area (Å²) >= 11 is 12.2. The molecule has 0 aliphatic carbocycles. The van der Waals surface area contributed by atoms with E-state index in [-0.39, 0.29) is 5.76 Å². The van der Waals surface area contributed by atoms with E-state index < -0.39 is 6.10 Å². The summed E-state index contributed by atoms with van der Waals surface area (Å²) in [4.78, 5) is 4.05. The van der Waals surface area contributed by atoms with Gasteiger partial charge in [-0.05, 0) is 42.0 Å². The Bertz CT molecular complexity index is 909. The monoisotopic (exact) mass is 385 g/mol. The molecule has 5 heteroatoms. The second-order valence-electron chi connectivity index (χ2n) is 5.84. The number of benzene rings is 2. The third kappa shape index (κ3) is 4.25. The minimum atomic E-state index is -1.02. The Morgan fingerprint density at radius 2 is 1.69 bits per heavy atom. The number of aliphatic hydroxyl groups is 2. The molecule has 1 unspecified atom stereocenters. The molecular formula is C21H17Cl2NO2. The van der Waals surface area contributed by atoms with E-state index in [9.17, 15) is 10.2 Å². The maximum absolute atomic E-state index is 10.9. The number of rotatable bonds is 5. The number of aromatic nitrogens is 1. The van der Waals surface area contributed by atoms with Gasteiger partial charge in [0.2, 0.25) is 0 Å². The van der Waals surface area contributed by atoms with Gasteiger partial charge in [0, 0.05) is 45.6 Å². The fourth-order valence-electron chi connectivity index (χ4n) is 2.69. The molecule has 1 aromatic heterocycles. The summed E-state index contributed by atoms with van der Waals surface area (Å²) in [5.41, 5.74) is 2.41. The summed E-state index contributed by atoms with van der Waals surface area (Å²) < 4.78 is 0. The molecule has 1 atom stereocenters. The molecule has 0 bridgehead atoms. The van der Waals surface area contributed by atoms with E-state index in [0.717, 1.165) is 5.56 Å². The third-order valence-electron chi connectivity index (χ3n) is 4.09. The highest BCUT2D eigenvalue weighted by atomic mass is 35.5. The molecule has 0 saturated heterocycles. The Morgan fingerprint density at radius 3 is 2.35 bits per heavy atom. The van der Waals surface area contributed by atoms with Gasteiger partial charge in [-0.15, -0.1) is 0 Å². The summed E-state index contributed by atoms with van der Waals surface area (Å²) in [6, 6.07) is 17.7. The predicted octanol–water partition coefficient (Wildman–Crippen LogP) is 5.63. The van der Waals surface area contributed by atoms with Crippen LogP contribution >= 0.6 is 23.2 Å². The Labute approximate surface area is 162 Å². The first-order chi connectivity index (χ1) is 12.6. The van der Waals surface area contributed by atoms with Gasteiger partial charge in [0.25, 0.3) is 0 Å². The van der Waals surface area contributed by atoms with Crippen molar-refractivity contribution in [2.45, 2.75) is 12.5 Å². The topological polar surface area (TPSA) is 53.4 Å². The van der Waals surface area contributed by atoms with Crippen molar-refractivity contribution in [3.05, 3.63) is 105 Å². The maximum atomic E-state index is 10.9. The highest BCUT2D eigenvalue weighted by Crippen LogP contribution is 2.32. The second kappa shape index (κ2) is 8.37. The molecule has 2 aromatic carbocycles. The summed E-state index contributed by atoms with van der Waals surface area (Å²) in [6.45, 7) is 0. The van der Waals surface area contributed by atoms with Crippen LogP contribution < -0.4 is 0 Å². The van der Waals surface area contributed by atoms with Gasteiger partial charge in [-0.2, -0.15) is 0 Å². The van der Waals surface area contributed by atoms with E-state index in [1.165, 1.54) is 0 Å². The average Bonchev–Trinajstić information content (AvgIpc) is 2.67. The Balaban J connectivity index is 2.07. The Hall–Kier alpha value is -2.33. The van der Waals surface area contributed by atoms with Crippen molar-refractivity contribution in [1.82, 2.24) is 4.98 Å². The summed E-state index contributed by atoms with van der Waals surface area (Å²) in [7, 11) is 0. The quantitative estimate of drug-likeness (QED) is 0.559. The SMILES string of the molecule is O/C(=C(\Cc1ccccc1Cl)C(O)c1cccnc1)c1ccc(Cl)cc1. The van der Waals surface area contributed by atoms with Crippen molar-refractivity contribution in [3.63, 3.8) is 0 Å². The average molecular weight is 386 g/mol. The van der Waals surface area contributed by atoms with Gasteiger partial charge in [-0.1, -0.05) is 47.5 Å². The standard InChI is InChI=1S/C21H17Cl2NO2/c22-17-9-7-14(8-10-17)20(25)18(12-15-4-1-2-6-19(15)23)21(26)16-5-3-11-24-13-16/h1-11,13,21,25-26H,12H2/b20-18+. The zero-order chi connectivity index (χ0) is 18.5. The molecule has 0 saturated carbocycles. The largest absolute Gasteiger partial charge is 0.507 e. The molecule has 132 valence electrons. The molecule has 0 spiro atoms. The van der Waals surface area contributed by atoms with Crippen molar-refractivity contribution in [3.8, 4) is 0 Å². The lowest BCUT2D eigenvalue weighted by Crippen LogP contribution is -2.08. The zero-order valence-electron chi connectivity index (χ0n) is 13.8. The molecule has 0 aliphatic heterocycles. The van der Waals surface area contributed by atoms with Crippen LogP contribution in [-0.2, 0) is 6.42 Å². The van der Waals surface area contributed by atoms with E-state index in [2.05, 4.69) is 4.98 Å². The van der Waals surface area contributed by atoms with Crippen molar-refractivity contribution in [2.24, 2.45) is 0 Å². The normalized spacial score (nSPS) is 13.2. The number of hydrogen-bond acceptors (Lipinski definition) is 3. The number of pyridine rings is 1. The summed E-state index contributed by atoms with van der Waals surface area (Å²) in [6.07, 6.45) is 2.49. The molecule has 0 fully saturated rings. The van der Waals surface area contributed by atoms with Crippen LogP contribution in [0.1, 0.15) is 22.8 Å². The first-order valence-corrected chi connectivity index (χ1v) is 8.81. The lowest BCUT2D eigenvalue weighted by atomic mass is 9.93. The van der Waals surface area contributed by atoms with Crippen LogP contribution in [0.3, 0.4) is 0 Å². The predicted molar refractivity (Wildman–Crippen MR) is 105 cm³/mol. The van der Waals surface area contributed by atoms with Gasteiger partial charge in [0.05, 0.1) is 0 Å². The van der Waals surface area contributed by atoms with E-state index >= 15 is 0 Å². The molecule has 3 aromatic rings. The lowest BCUT2D eigenvalue weighted by Gasteiger charge is -2.18. The summed E-state index contributed by atoms with van der Waals surface area (Å²) in [5.74, 6) is -0.00191. The number of nitrogens with zero attached hydrogens (tertiary/aromatic N) is 1. The van der Waals surface area contributed by atoms with Crippen LogP contribution in [0.2, 0.25) is 10.0 Å². The van der Waals surface area contributed by atoms with Crippen molar-refractivity contribution in [1.29, 1.82) is 0 Å². The van der Waals surface area contributed by atoms with Gasteiger partial charge in [0.1, 0.15) is 11.9 Å². The molecule has 3 rings (SSSR count). The van der Waals surface area contributed by atoms with Crippen LogP contribution in [0, 0.1) is 0 Å². The van der Waals surface area contributed by atoms with Crippen LogP contribution in [0.25, 0.3) is 5.76 Å². The van der Waals surface area contributed by atoms with Gasteiger partial charge in [-0.25, -0.2) is 0 Å². The smallest absolute Gasteiger partial charge is 0.125 e. The molecule has 0 amide bonds. The zero-order valence-corrected chi connectivity index (χ0v) is 15.3. The van der Waals surface area contributed by atoms with Crippen LogP contribution in [0.15, 0.2) is 78.6 Å². The molecule has 0 radical (unpaired) electrons. The van der Waals surface area contributed by atoms with Gasteiger partial charge in [0.15, 0.2) is 0 Å². The van der Waals surface area contributed by atoms with Crippen LogP contribution in [0.5, 0.6) is 0 Å². The van der Waals surface area contributed by atoms with Gasteiger partial charge in [-0.3, -0.25) is 4.98 Å². The Morgan fingerprint density at radius 1 is 0.962 bits per heavy atom. The minimum Gasteiger partial charge on any atom is -0.507 e. The first kappa shape index (κ1) is 18.5. The summed E-state index contributed by atoms with van der Waals surface area (Å²) in [5, 5.41) is 22.9. The lowest BCUT2D eigenvalue weighted by molar-refractivity contribution is 0.210. The van der Waals surface area contributed by atoms with Crippen molar-refractivity contribution < 1.29 is 10.2 Å². The van der Waals surface area contributed by atoms with E-state index in [0.29, 0.717) is 33.2 Å². The van der Waals surface area contributed by atoms with Gasteiger partial charge >= 0.3 is 0 Å². The molecular weight excluding hydrogens is 369 g/mol. The molecule has 0 aliphatic rings. The molecule has 1 heterocycles. The number of aliphatic hydroxyl groups excluding tert-OH is 2. The molecule has 2 N–H and O–H groups in total. The third-order valence-corrected chi connectivity index (χ3v) is 4.71. The Kier molecular flexibility index (Phi) is 5.94. The van der Waals surface area contributed by atoms with E-state index in [1.807, 2.05) is 18.2 Å². The van der Waals surface area contributed by atoms with Crippen molar-refractivity contribution >= 4 is 29.0 Å². The van der Waals surface area contributed by atoms with Gasteiger partial charge < -0.3 is 10.2 Å². The minimum absolute atomic E-state index is 0.00191.